The Hall–Kier alpha value is -0.630. The van der Waals surface area contributed by atoms with Gasteiger partial charge in [0, 0.05) is 15.5 Å². The molecule has 1 atom stereocenters. The highest BCUT2D eigenvalue weighted by Crippen LogP contribution is 2.36. The third kappa shape index (κ3) is 3.28. The molecule has 1 aromatic carbocycles. The highest BCUT2D eigenvalue weighted by atomic mass is 79.9. The van der Waals surface area contributed by atoms with Crippen molar-refractivity contribution in [2.75, 3.05) is 0 Å². The monoisotopic (exact) mass is 370 g/mol. The molecule has 1 aromatic heterocycles. The van der Waals surface area contributed by atoms with E-state index in [1.165, 1.54) is 0 Å². The molecule has 0 bridgehead atoms. The van der Waals surface area contributed by atoms with Gasteiger partial charge in [0.1, 0.15) is 0 Å². The van der Waals surface area contributed by atoms with E-state index in [0.717, 1.165) is 6.20 Å². The average molecular weight is 372 g/mol. The first-order valence-corrected chi connectivity index (χ1v) is 7.01. The van der Waals surface area contributed by atoms with Crippen LogP contribution in [0.25, 0.3) is 0 Å². The fraction of sp³-hybridized carbons (Fsp3) is 0.182. The van der Waals surface area contributed by atoms with Gasteiger partial charge in [-0.25, -0.2) is 4.98 Å². The molecule has 0 radical (unpaired) electrons. The molecular formula is C11H7BrClF3N2S. The smallest absolute Gasteiger partial charge is 0.320 e. The summed E-state index contributed by atoms with van der Waals surface area (Å²) < 4.78 is 38.1. The summed E-state index contributed by atoms with van der Waals surface area (Å²) in [6.45, 7) is 0. The van der Waals surface area contributed by atoms with Crippen molar-refractivity contribution in [1.82, 2.24) is 4.98 Å². The summed E-state index contributed by atoms with van der Waals surface area (Å²) in [5.74, 6) is 0. The van der Waals surface area contributed by atoms with E-state index < -0.39 is 17.2 Å². The molecule has 2 N–H and O–H groups in total. The first kappa shape index (κ1) is 14.8. The van der Waals surface area contributed by atoms with E-state index in [9.17, 15) is 13.2 Å². The topological polar surface area (TPSA) is 38.9 Å². The van der Waals surface area contributed by atoms with E-state index >= 15 is 0 Å². The van der Waals surface area contributed by atoms with Crippen molar-refractivity contribution in [1.29, 1.82) is 0 Å². The summed E-state index contributed by atoms with van der Waals surface area (Å²) >= 11 is 9.70. The Morgan fingerprint density at radius 1 is 1.37 bits per heavy atom. The molecule has 102 valence electrons. The van der Waals surface area contributed by atoms with Crippen LogP contribution in [0.2, 0.25) is 5.02 Å². The molecule has 2 nitrogen and oxygen atoms in total. The Morgan fingerprint density at radius 2 is 2.05 bits per heavy atom. The molecular weight excluding hydrogens is 365 g/mol. The van der Waals surface area contributed by atoms with Crippen molar-refractivity contribution in [2.24, 2.45) is 5.73 Å². The predicted octanol–water partition coefficient (Wildman–Crippen LogP) is 4.63. The quantitative estimate of drug-likeness (QED) is 0.836. The van der Waals surface area contributed by atoms with Gasteiger partial charge in [-0.05, 0) is 33.6 Å². The van der Waals surface area contributed by atoms with Crippen LogP contribution in [0.4, 0.5) is 13.2 Å². The van der Waals surface area contributed by atoms with Crippen LogP contribution in [0.15, 0.2) is 28.9 Å². The number of alkyl halides is 3. The molecule has 19 heavy (non-hydrogen) atoms. The summed E-state index contributed by atoms with van der Waals surface area (Å²) in [5, 5.41) is -0.449. The zero-order valence-electron chi connectivity index (χ0n) is 9.21. The second-order valence-corrected chi connectivity index (χ2v) is 6.04. The summed E-state index contributed by atoms with van der Waals surface area (Å²) in [5.41, 5.74) is 6.55. The van der Waals surface area contributed by atoms with E-state index in [1.54, 1.807) is 18.2 Å². The molecule has 2 aromatic rings. The maximum atomic E-state index is 12.5. The average Bonchev–Trinajstić information content (AvgIpc) is 2.81. The number of nitrogens with two attached hydrogens (primary N) is 1. The van der Waals surface area contributed by atoms with Crippen LogP contribution < -0.4 is 5.73 Å². The van der Waals surface area contributed by atoms with Gasteiger partial charge in [0.05, 0.1) is 11.1 Å². The lowest BCUT2D eigenvalue weighted by Gasteiger charge is -2.10. The third-order valence-corrected chi connectivity index (χ3v) is 4.73. The van der Waals surface area contributed by atoms with Gasteiger partial charge in [-0.2, -0.15) is 13.2 Å². The van der Waals surface area contributed by atoms with Crippen LogP contribution in [-0.2, 0) is 6.18 Å². The van der Waals surface area contributed by atoms with Gasteiger partial charge in [0.25, 0.3) is 0 Å². The molecule has 2 rings (SSSR count). The molecule has 0 amide bonds. The standard InChI is InChI=1S/C11H7BrClF3N2S/c12-6-2-1-5(3-7(6)13)9(17)8-4-18-10(19-8)11(14,15)16/h1-4,9H,17H2. The van der Waals surface area contributed by atoms with Crippen molar-refractivity contribution in [2.45, 2.75) is 12.2 Å². The van der Waals surface area contributed by atoms with Crippen LogP contribution in [0, 0.1) is 0 Å². The minimum absolute atomic E-state index is 0.339. The summed E-state index contributed by atoms with van der Waals surface area (Å²) in [6.07, 6.45) is -3.30. The molecule has 0 fully saturated rings. The molecule has 0 aliphatic heterocycles. The Labute approximate surface area is 124 Å². The molecule has 1 unspecified atom stereocenters. The number of thiazole rings is 1. The van der Waals surface area contributed by atoms with E-state index in [0.29, 0.717) is 31.3 Å². The van der Waals surface area contributed by atoms with Crippen molar-refractivity contribution >= 4 is 38.9 Å². The number of aromatic nitrogens is 1. The van der Waals surface area contributed by atoms with Crippen molar-refractivity contribution in [3.8, 4) is 0 Å². The molecule has 1 heterocycles. The second kappa shape index (κ2) is 5.40. The van der Waals surface area contributed by atoms with Crippen LogP contribution >= 0.6 is 38.9 Å². The molecule has 0 saturated heterocycles. The lowest BCUT2D eigenvalue weighted by atomic mass is 10.1. The highest BCUT2D eigenvalue weighted by molar-refractivity contribution is 9.10. The Morgan fingerprint density at radius 3 is 2.58 bits per heavy atom. The maximum Gasteiger partial charge on any atom is 0.443 e. The molecule has 8 heteroatoms. The van der Waals surface area contributed by atoms with Crippen LogP contribution in [-0.4, -0.2) is 4.98 Å². The number of halogens is 5. The van der Waals surface area contributed by atoms with Gasteiger partial charge in [-0.3, -0.25) is 0 Å². The summed E-state index contributed by atoms with van der Waals surface area (Å²) in [4.78, 5) is 3.68. The number of hydrogen-bond acceptors (Lipinski definition) is 3. The Bertz CT molecular complexity index is 600. The van der Waals surface area contributed by atoms with Gasteiger partial charge in [0.2, 0.25) is 0 Å². The van der Waals surface area contributed by atoms with Crippen molar-refractivity contribution in [3.05, 3.63) is 49.3 Å². The van der Waals surface area contributed by atoms with Crippen LogP contribution in [0.5, 0.6) is 0 Å². The van der Waals surface area contributed by atoms with Gasteiger partial charge in [0.15, 0.2) is 5.01 Å². The largest absolute Gasteiger partial charge is 0.443 e. The van der Waals surface area contributed by atoms with Crippen LogP contribution in [0.3, 0.4) is 0 Å². The van der Waals surface area contributed by atoms with E-state index in [1.807, 2.05) is 0 Å². The first-order valence-electron chi connectivity index (χ1n) is 5.02. The normalized spacial score (nSPS) is 13.6. The molecule has 0 spiro atoms. The molecule has 0 aliphatic carbocycles. The molecule has 0 saturated carbocycles. The minimum atomic E-state index is -4.44. The van der Waals surface area contributed by atoms with E-state index in [4.69, 9.17) is 17.3 Å². The lowest BCUT2D eigenvalue weighted by molar-refractivity contribution is -0.137. The van der Waals surface area contributed by atoms with Crippen molar-refractivity contribution < 1.29 is 13.2 Å². The SMILES string of the molecule is NC(c1ccc(Br)c(Cl)c1)c1cnc(C(F)(F)F)s1. The predicted molar refractivity (Wildman–Crippen MR) is 72.3 cm³/mol. The van der Waals surface area contributed by atoms with Gasteiger partial charge in [-0.15, -0.1) is 11.3 Å². The minimum Gasteiger partial charge on any atom is -0.320 e. The lowest BCUT2D eigenvalue weighted by Crippen LogP contribution is -2.10. The van der Waals surface area contributed by atoms with Crippen LogP contribution in [0.1, 0.15) is 21.5 Å². The van der Waals surface area contributed by atoms with Crippen molar-refractivity contribution in [3.63, 3.8) is 0 Å². The third-order valence-electron chi connectivity index (χ3n) is 2.38. The van der Waals surface area contributed by atoms with Gasteiger partial charge < -0.3 is 5.73 Å². The van der Waals surface area contributed by atoms with E-state index in [2.05, 4.69) is 20.9 Å². The Balaban J connectivity index is 2.31. The highest BCUT2D eigenvalue weighted by Gasteiger charge is 2.35. The van der Waals surface area contributed by atoms with E-state index in [-0.39, 0.29) is 0 Å². The zero-order valence-corrected chi connectivity index (χ0v) is 12.4. The fourth-order valence-electron chi connectivity index (χ4n) is 1.43. The molecule has 0 aliphatic rings. The fourth-order valence-corrected chi connectivity index (χ4v) is 2.68. The second-order valence-electron chi connectivity index (χ2n) is 3.72. The summed E-state index contributed by atoms with van der Waals surface area (Å²) in [7, 11) is 0. The zero-order chi connectivity index (χ0) is 14.2. The van der Waals surface area contributed by atoms with Gasteiger partial charge >= 0.3 is 6.18 Å². The van der Waals surface area contributed by atoms with Gasteiger partial charge in [-0.1, -0.05) is 17.7 Å². The number of rotatable bonds is 2. The first-order chi connectivity index (χ1) is 8.79. The number of nitrogens with zero attached hydrogens (tertiary/aromatic N) is 1. The summed E-state index contributed by atoms with van der Waals surface area (Å²) in [6, 6.07) is 4.33. The number of hydrogen-bond donors (Lipinski definition) is 1. The number of benzene rings is 1. The maximum absolute atomic E-state index is 12.5. The Kier molecular flexibility index (Phi) is 4.20.